The summed E-state index contributed by atoms with van der Waals surface area (Å²) in [5, 5.41) is 5.71. The lowest BCUT2D eigenvalue weighted by molar-refractivity contribution is -0.119. The number of aromatic nitrogens is 2. The number of methoxy groups -OCH3 is 2. The van der Waals surface area contributed by atoms with Crippen LogP contribution in [0.2, 0.25) is 0 Å². The summed E-state index contributed by atoms with van der Waals surface area (Å²) in [6.07, 6.45) is 0. The molecular weight excluding hydrogens is 454 g/mol. The van der Waals surface area contributed by atoms with Crippen LogP contribution in [-0.4, -0.2) is 42.7 Å². The van der Waals surface area contributed by atoms with E-state index in [1.165, 1.54) is 11.3 Å². The molecule has 34 heavy (non-hydrogen) atoms. The normalized spacial score (nSPS) is 10.7. The van der Waals surface area contributed by atoms with Gasteiger partial charge >= 0.3 is 5.97 Å². The van der Waals surface area contributed by atoms with Gasteiger partial charge in [-0.2, -0.15) is 0 Å². The molecule has 0 saturated heterocycles. The Hall–Kier alpha value is -3.98. The van der Waals surface area contributed by atoms with Gasteiger partial charge in [-0.15, -0.1) is 11.3 Å². The molecule has 0 saturated carbocycles. The van der Waals surface area contributed by atoms with E-state index in [4.69, 9.17) is 14.2 Å². The number of carbonyl (C=O) groups excluding carboxylic acids is 2. The van der Waals surface area contributed by atoms with Crippen molar-refractivity contribution in [1.29, 1.82) is 0 Å². The van der Waals surface area contributed by atoms with Gasteiger partial charge < -0.3 is 14.2 Å². The lowest BCUT2D eigenvalue weighted by Crippen LogP contribution is -2.22. The second-order valence-corrected chi connectivity index (χ2v) is 8.30. The Morgan fingerprint density at radius 1 is 1.03 bits per heavy atom. The van der Waals surface area contributed by atoms with Crippen molar-refractivity contribution in [2.45, 2.75) is 13.8 Å². The summed E-state index contributed by atoms with van der Waals surface area (Å²) >= 11 is 1.25. The quantitative estimate of drug-likeness (QED) is 0.382. The fraction of sp³-hybridized carbons (Fsp3) is 0.200. The van der Waals surface area contributed by atoms with Crippen LogP contribution in [0.3, 0.4) is 0 Å². The van der Waals surface area contributed by atoms with Gasteiger partial charge in [0, 0.05) is 16.3 Å². The number of pyridine rings is 1. The molecule has 2 aromatic carbocycles. The first kappa shape index (κ1) is 23.2. The number of esters is 1. The topological polar surface area (TPSA) is 99.6 Å². The van der Waals surface area contributed by atoms with Crippen LogP contribution < -0.4 is 14.8 Å². The first-order chi connectivity index (χ1) is 16.4. The molecule has 0 aliphatic heterocycles. The fourth-order valence-corrected chi connectivity index (χ4v) is 4.39. The van der Waals surface area contributed by atoms with E-state index < -0.39 is 18.5 Å². The summed E-state index contributed by atoms with van der Waals surface area (Å²) in [7, 11) is 3.15. The molecule has 9 heteroatoms. The zero-order chi connectivity index (χ0) is 24.2. The highest BCUT2D eigenvalue weighted by atomic mass is 32.1. The highest BCUT2D eigenvalue weighted by molar-refractivity contribution is 7.14. The molecule has 4 aromatic rings. The average molecular weight is 478 g/mol. The number of anilines is 1. The minimum atomic E-state index is -0.593. The number of nitrogens with zero attached hydrogens (tertiary/aromatic N) is 2. The number of hydrogen-bond donors (Lipinski definition) is 1. The van der Waals surface area contributed by atoms with Crippen molar-refractivity contribution in [2.75, 3.05) is 26.1 Å². The maximum atomic E-state index is 12.7. The van der Waals surface area contributed by atoms with E-state index in [-0.39, 0.29) is 0 Å². The second-order valence-electron chi connectivity index (χ2n) is 7.44. The Balaban J connectivity index is 1.44. The van der Waals surface area contributed by atoms with E-state index in [1.54, 1.807) is 38.7 Å². The summed E-state index contributed by atoms with van der Waals surface area (Å²) in [5.74, 6) is 0.211. The molecule has 4 rings (SSSR count). The number of hydrogen-bond acceptors (Lipinski definition) is 8. The van der Waals surface area contributed by atoms with Gasteiger partial charge in [0.15, 0.2) is 11.7 Å². The molecule has 0 atom stereocenters. The summed E-state index contributed by atoms with van der Waals surface area (Å²) in [4.78, 5) is 34.1. The van der Waals surface area contributed by atoms with E-state index in [1.807, 2.05) is 37.3 Å². The smallest absolute Gasteiger partial charge is 0.340 e. The van der Waals surface area contributed by atoms with Gasteiger partial charge in [-0.25, -0.2) is 9.78 Å². The fourth-order valence-electron chi connectivity index (χ4n) is 3.66. The Kier molecular flexibility index (Phi) is 6.74. The molecule has 174 valence electrons. The number of benzene rings is 2. The first-order valence-corrected chi connectivity index (χ1v) is 11.3. The molecule has 1 amide bonds. The van der Waals surface area contributed by atoms with Crippen LogP contribution >= 0.6 is 11.3 Å². The van der Waals surface area contributed by atoms with Crippen molar-refractivity contribution in [3.05, 3.63) is 64.7 Å². The second kappa shape index (κ2) is 9.88. The Morgan fingerprint density at radius 2 is 1.82 bits per heavy atom. The molecule has 8 nitrogen and oxygen atoms in total. The van der Waals surface area contributed by atoms with Crippen molar-refractivity contribution < 1.29 is 23.8 Å². The predicted octanol–water partition coefficient (Wildman–Crippen LogP) is 4.79. The van der Waals surface area contributed by atoms with Gasteiger partial charge in [-0.1, -0.05) is 18.2 Å². The Labute approximate surface area is 200 Å². The van der Waals surface area contributed by atoms with E-state index in [0.29, 0.717) is 33.6 Å². The van der Waals surface area contributed by atoms with Gasteiger partial charge in [-0.3, -0.25) is 15.1 Å². The number of carbonyl (C=O) groups is 2. The third kappa shape index (κ3) is 4.69. The molecule has 0 aliphatic rings. The standard InChI is InChI=1S/C25H23N3O5S/c1-14-17-7-5-6-8-19(17)26-15(2)23(14)24(30)33-12-22(29)28-25-27-20(13-34-25)18-11-16(31-3)9-10-21(18)32-4/h5-11,13H,12H2,1-4H3,(H,27,28,29). The van der Waals surface area contributed by atoms with Crippen LogP contribution in [0, 0.1) is 13.8 Å². The third-order valence-corrected chi connectivity index (χ3v) is 6.06. The number of rotatable bonds is 7. The third-order valence-electron chi connectivity index (χ3n) is 5.30. The number of aryl methyl sites for hydroxylation is 2. The molecular formula is C25H23N3O5S. The molecule has 0 spiro atoms. The van der Waals surface area contributed by atoms with Crippen LogP contribution in [-0.2, 0) is 9.53 Å². The predicted molar refractivity (Wildman–Crippen MR) is 131 cm³/mol. The van der Waals surface area contributed by atoms with E-state index in [2.05, 4.69) is 15.3 Å². The Bertz CT molecular complexity index is 1380. The number of thiazole rings is 1. The number of fused-ring (bicyclic) bond motifs is 1. The van der Waals surface area contributed by atoms with Crippen LogP contribution in [0.15, 0.2) is 47.8 Å². The van der Waals surface area contributed by atoms with Gasteiger partial charge in [0.1, 0.15) is 11.5 Å². The van der Waals surface area contributed by atoms with E-state index in [9.17, 15) is 9.59 Å². The van der Waals surface area contributed by atoms with Crippen molar-refractivity contribution >= 4 is 39.2 Å². The van der Waals surface area contributed by atoms with Crippen LogP contribution in [0.25, 0.3) is 22.2 Å². The molecule has 0 aliphatic carbocycles. The maximum Gasteiger partial charge on any atom is 0.340 e. The number of para-hydroxylation sites is 1. The molecule has 0 fully saturated rings. The molecule has 0 unspecified atom stereocenters. The van der Waals surface area contributed by atoms with Crippen molar-refractivity contribution in [3.63, 3.8) is 0 Å². The molecule has 0 bridgehead atoms. The minimum Gasteiger partial charge on any atom is -0.497 e. The summed E-state index contributed by atoms with van der Waals surface area (Å²) in [5.41, 5.74) is 3.86. The Morgan fingerprint density at radius 3 is 2.59 bits per heavy atom. The summed E-state index contributed by atoms with van der Waals surface area (Å²) in [6.45, 7) is 3.15. The minimum absolute atomic E-state index is 0.369. The van der Waals surface area contributed by atoms with Gasteiger partial charge in [0.25, 0.3) is 5.91 Å². The van der Waals surface area contributed by atoms with Crippen molar-refractivity contribution in [1.82, 2.24) is 9.97 Å². The highest BCUT2D eigenvalue weighted by Crippen LogP contribution is 2.35. The summed E-state index contributed by atoms with van der Waals surface area (Å²) in [6, 6.07) is 13.0. The van der Waals surface area contributed by atoms with Crippen molar-refractivity contribution in [2.24, 2.45) is 0 Å². The van der Waals surface area contributed by atoms with Gasteiger partial charge in [0.05, 0.1) is 36.7 Å². The van der Waals surface area contributed by atoms with Crippen LogP contribution in [0.4, 0.5) is 5.13 Å². The van der Waals surface area contributed by atoms with Crippen molar-refractivity contribution in [3.8, 4) is 22.8 Å². The number of amides is 1. The number of ether oxygens (including phenoxy) is 3. The first-order valence-electron chi connectivity index (χ1n) is 10.4. The monoisotopic (exact) mass is 477 g/mol. The number of nitrogens with one attached hydrogen (secondary N) is 1. The molecule has 1 N–H and O–H groups in total. The van der Waals surface area contributed by atoms with E-state index in [0.717, 1.165) is 22.0 Å². The SMILES string of the molecule is COc1ccc(OC)c(-c2csc(NC(=O)COC(=O)c3c(C)nc4ccccc4c3C)n2)c1. The van der Waals surface area contributed by atoms with E-state index >= 15 is 0 Å². The molecule has 0 radical (unpaired) electrons. The lowest BCUT2D eigenvalue weighted by atomic mass is 10.0. The van der Waals surface area contributed by atoms with Crippen LogP contribution in [0.1, 0.15) is 21.6 Å². The highest BCUT2D eigenvalue weighted by Gasteiger charge is 2.19. The molecule has 2 heterocycles. The lowest BCUT2D eigenvalue weighted by Gasteiger charge is -2.12. The molecule has 2 aromatic heterocycles. The largest absolute Gasteiger partial charge is 0.497 e. The maximum absolute atomic E-state index is 12.7. The van der Waals surface area contributed by atoms with Gasteiger partial charge in [0.2, 0.25) is 0 Å². The zero-order valence-corrected chi connectivity index (χ0v) is 20.0. The summed E-state index contributed by atoms with van der Waals surface area (Å²) < 4.78 is 16.0. The average Bonchev–Trinajstić information content (AvgIpc) is 3.30. The zero-order valence-electron chi connectivity index (χ0n) is 19.2. The van der Waals surface area contributed by atoms with Gasteiger partial charge in [-0.05, 0) is 43.7 Å². The van der Waals surface area contributed by atoms with Crippen LogP contribution in [0.5, 0.6) is 11.5 Å².